The van der Waals surface area contributed by atoms with Gasteiger partial charge in [-0.05, 0) is 313 Å². The minimum atomic E-state index is -0.0853. The monoisotopic (exact) mass is 1830 g/mol. The lowest BCUT2D eigenvalue weighted by Crippen LogP contribution is -2.16. The maximum Gasteiger partial charge on any atom is 0.0548 e. The summed E-state index contributed by atoms with van der Waals surface area (Å²) >= 11 is 0. The Morgan fingerprint density at radius 2 is 0.368 bits per heavy atom. The van der Waals surface area contributed by atoms with E-state index >= 15 is 0 Å². The Morgan fingerprint density at radius 3 is 0.701 bits per heavy atom. The molecule has 0 aliphatic heterocycles. The fourth-order valence-corrected chi connectivity index (χ4v) is 25.4. The predicted molar refractivity (Wildman–Crippen MR) is 607 cm³/mol. The fraction of sp³-hybridized carbons (Fsp3) is 0.0435. The molecule has 0 radical (unpaired) electrons. The molecule has 676 valence electrons. The van der Waals surface area contributed by atoms with Gasteiger partial charge in [0.15, 0.2) is 0 Å². The quantitative estimate of drug-likeness (QED) is 0.122. The molecule has 0 spiro atoms. The number of anilines is 9. The second-order valence-electron chi connectivity index (χ2n) is 40.0. The van der Waals surface area contributed by atoms with E-state index in [4.69, 9.17) is 0 Å². The van der Waals surface area contributed by atoms with Crippen LogP contribution in [0.5, 0.6) is 0 Å². The second kappa shape index (κ2) is 32.1. The summed E-state index contributed by atoms with van der Waals surface area (Å²) < 4.78 is 7.40. The fourth-order valence-electron chi connectivity index (χ4n) is 25.4. The molecular formula is C138H94N6. The van der Waals surface area contributed by atoms with Crippen molar-refractivity contribution in [3.8, 4) is 106 Å². The van der Waals surface area contributed by atoms with Gasteiger partial charge in [-0.15, -0.1) is 0 Å². The van der Waals surface area contributed by atoms with E-state index in [1.165, 1.54) is 209 Å². The van der Waals surface area contributed by atoms with Gasteiger partial charge in [-0.2, -0.15) is 0 Å². The summed E-state index contributed by atoms with van der Waals surface area (Å²) in [4.78, 5) is 7.13. The Labute approximate surface area is 835 Å². The predicted octanol–water partition coefficient (Wildman–Crippen LogP) is 37.8. The SMILES string of the molecule is CC1(C)c2ccccc2-c2ccc(N(c3ccccc3)c3ccc(-n4c5cccc6c5c5c7c(cccc7ccc54)-c4ccccc4-6)cc3)cc21.CC1(C)c2ccccc2-c2ccc(N(c3ccccc3)c3cccc(-n4c5cccc6c5c5c7c(cccc7ccc54)-c4ccccc4-6)c3)cc21.c1ccc(N(c2ccccc2)c2cccc(-n3c4cccc5c4c4c6c(cccc6ccc43)-c3ccccc3-5)c2)cc1. The van der Waals surface area contributed by atoms with Crippen LogP contribution in [0.15, 0.2) is 497 Å². The molecule has 0 unspecified atom stereocenters. The Balaban J connectivity index is 0.000000103. The number of para-hydroxylation sites is 4. The first-order chi connectivity index (χ1) is 71.0. The van der Waals surface area contributed by atoms with E-state index in [-0.39, 0.29) is 10.8 Å². The van der Waals surface area contributed by atoms with Crippen LogP contribution in [0.25, 0.3) is 204 Å². The minimum absolute atomic E-state index is 0.0727. The molecule has 5 aliphatic rings. The molecule has 0 amide bonds. The van der Waals surface area contributed by atoms with E-state index in [1.54, 1.807) is 0 Å². The number of rotatable bonds is 12. The summed E-state index contributed by atoms with van der Waals surface area (Å²) in [5, 5.41) is 15.8. The van der Waals surface area contributed by atoms with Gasteiger partial charge in [-0.25, -0.2) is 0 Å². The molecular weight excluding hydrogens is 1740 g/mol. The summed E-state index contributed by atoms with van der Waals surface area (Å²) in [6.45, 7) is 9.41. The molecule has 3 aromatic heterocycles. The van der Waals surface area contributed by atoms with Crippen LogP contribution in [-0.2, 0) is 10.8 Å². The van der Waals surface area contributed by atoms with E-state index in [9.17, 15) is 0 Å². The lowest BCUT2D eigenvalue weighted by Gasteiger charge is -2.28. The molecule has 26 aromatic rings. The topological polar surface area (TPSA) is 24.5 Å². The van der Waals surface area contributed by atoms with Crippen LogP contribution < -0.4 is 14.7 Å². The highest BCUT2D eigenvalue weighted by Gasteiger charge is 2.39. The van der Waals surface area contributed by atoms with Crippen LogP contribution in [0, 0.1) is 0 Å². The summed E-state index contributed by atoms with van der Waals surface area (Å²) in [6.07, 6.45) is 0. The highest BCUT2D eigenvalue weighted by atomic mass is 15.2. The number of aromatic nitrogens is 3. The molecule has 0 N–H and O–H groups in total. The summed E-state index contributed by atoms with van der Waals surface area (Å²) in [5.74, 6) is 0. The smallest absolute Gasteiger partial charge is 0.0548 e. The molecule has 31 rings (SSSR count). The van der Waals surface area contributed by atoms with Gasteiger partial charge in [-0.3, -0.25) is 0 Å². The molecule has 144 heavy (non-hydrogen) atoms. The lowest BCUT2D eigenvalue weighted by atomic mass is 9.82. The average Bonchev–Trinajstić information content (AvgIpc) is 1.56. The van der Waals surface area contributed by atoms with Gasteiger partial charge in [-0.1, -0.05) is 355 Å². The highest BCUT2D eigenvalue weighted by molar-refractivity contribution is 6.34. The number of hydrogen-bond donors (Lipinski definition) is 0. The summed E-state index contributed by atoms with van der Waals surface area (Å²) in [6, 6.07) is 183. The van der Waals surface area contributed by atoms with Crippen LogP contribution in [0.1, 0.15) is 49.9 Å². The van der Waals surface area contributed by atoms with E-state index in [0.717, 1.165) is 68.2 Å². The van der Waals surface area contributed by atoms with Gasteiger partial charge >= 0.3 is 0 Å². The molecule has 0 fully saturated rings. The molecule has 23 aromatic carbocycles. The third kappa shape index (κ3) is 12.4. The van der Waals surface area contributed by atoms with Crippen LogP contribution in [0.4, 0.5) is 51.2 Å². The van der Waals surface area contributed by atoms with E-state index in [0.29, 0.717) is 0 Å². The van der Waals surface area contributed by atoms with Crippen molar-refractivity contribution >= 4 is 149 Å². The molecule has 0 bridgehead atoms. The Hall–Kier alpha value is -18.4. The maximum absolute atomic E-state index is 2.48. The Kier molecular flexibility index (Phi) is 18.4. The Morgan fingerprint density at radius 1 is 0.139 bits per heavy atom. The van der Waals surface area contributed by atoms with E-state index in [1.807, 2.05) is 0 Å². The zero-order valence-electron chi connectivity index (χ0n) is 80.0. The number of benzene rings is 23. The van der Waals surface area contributed by atoms with Crippen molar-refractivity contribution in [1.82, 2.24) is 13.7 Å². The largest absolute Gasteiger partial charge is 0.310 e. The number of nitrogens with zero attached hydrogens (tertiary/aromatic N) is 6. The van der Waals surface area contributed by atoms with Gasteiger partial charge in [0, 0.05) is 111 Å². The van der Waals surface area contributed by atoms with Crippen molar-refractivity contribution in [2.75, 3.05) is 14.7 Å². The number of fused-ring (bicyclic) bond motifs is 15. The standard InChI is InChI=1S/2C49H34N2.C40H26N2/c1-49(2)42-23-9-8-20-38(42)39-27-26-35(30-43(39)49)50(32-14-4-3-5-15-32)33-16-11-17-34(29-33)51-44-24-12-22-41-37-19-7-6-18-36(37)40-21-10-13-31-25-28-45(51)48(46(31)40)47(41)44;1-49(2)42-20-9-8-17-38(42)39-28-27-35(30-43(39)49)50(32-13-4-3-5-14-32)33-23-25-34(26-24-33)51-44-21-11-19-41-37-16-7-6-15-36(37)40-18-10-12-31-22-29-45(51)48(46(31)40)47(41)44;1-3-13-28(14-4-1)41(29-15-5-2-6-16-29)30-17-10-18-31(26-30)42-36-23-11-22-35-33-20-8-7-19-32(33)34-21-9-12-27-24-25-37(42)40(38(27)34)39(35)36/h2*3-30H,1-2H3;1-26H. The van der Waals surface area contributed by atoms with E-state index in [2.05, 4.69) is 554 Å². The molecule has 6 nitrogen and oxygen atoms in total. The van der Waals surface area contributed by atoms with Crippen LogP contribution in [0.3, 0.4) is 0 Å². The Bertz CT molecular complexity index is 9800. The van der Waals surface area contributed by atoms with Crippen molar-refractivity contribution in [3.05, 3.63) is 520 Å². The molecule has 0 saturated carbocycles. The minimum Gasteiger partial charge on any atom is -0.310 e. The first kappa shape index (κ1) is 82.7. The van der Waals surface area contributed by atoms with Gasteiger partial charge in [0.25, 0.3) is 0 Å². The van der Waals surface area contributed by atoms with Crippen molar-refractivity contribution in [2.45, 2.75) is 38.5 Å². The lowest BCUT2D eigenvalue weighted by molar-refractivity contribution is 0.660. The maximum atomic E-state index is 2.48. The highest BCUT2D eigenvalue weighted by Crippen LogP contribution is 2.58. The third-order valence-electron chi connectivity index (χ3n) is 31.7. The molecule has 3 heterocycles. The van der Waals surface area contributed by atoms with Gasteiger partial charge in [0.2, 0.25) is 0 Å². The normalized spacial score (nSPS) is 13.0. The van der Waals surface area contributed by atoms with Gasteiger partial charge in [0.05, 0.1) is 33.1 Å². The summed E-state index contributed by atoms with van der Waals surface area (Å²) in [5.41, 5.74) is 47.3. The first-order valence-corrected chi connectivity index (χ1v) is 50.2. The third-order valence-corrected chi connectivity index (χ3v) is 31.7. The second-order valence-corrected chi connectivity index (χ2v) is 40.0. The van der Waals surface area contributed by atoms with E-state index < -0.39 is 0 Å². The number of hydrogen-bond acceptors (Lipinski definition) is 3. The van der Waals surface area contributed by atoms with Gasteiger partial charge in [0.1, 0.15) is 0 Å². The van der Waals surface area contributed by atoms with Crippen molar-refractivity contribution in [3.63, 3.8) is 0 Å². The zero-order valence-corrected chi connectivity index (χ0v) is 80.0. The van der Waals surface area contributed by atoms with Crippen molar-refractivity contribution < 1.29 is 0 Å². The van der Waals surface area contributed by atoms with Gasteiger partial charge < -0.3 is 28.4 Å². The molecule has 6 heteroatoms. The van der Waals surface area contributed by atoms with Crippen LogP contribution in [-0.4, -0.2) is 13.7 Å². The zero-order chi connectivity index (χ0) is 95.3. The van der Waals surface area contributed by atoms with Crippen LogP contribution in [0.2, 0.25) is 0 Å². The average molecular weight is 1840 g/mol. The molecule has 5 aliphatic carbocycles. The molecule has 0 saturated heterocycles. The first-order valence-electron chi connectivity index (χ1n) is 50.2. The summed E-state index contributed by atoms with van der Waals surface area (Å²) in [7, 11) is 0. The van der Waals surface area contributed by atoms with Crippen molar-refractivity contribution in [1.29, 1.82) is 0 Å². The van der Waals surface area contributed by atoms with Crippen LogP contribution >= 0.6 is 0 Å². The van der Waals surface area contributed by atoms with Crippen molar-refractivity contribution in [2.24, 2.45) is 0 Å². The molecule has 0 atom stereocenters.